The Morgan fingerprint density at radius 1 is 1.00 bits per heavy atom. The van der Waals surface area contributed by atoms with Crippen molar-refractivity contribution in [2.75, 3.05) is 44.7 Å². The Hall–Kier alpha value is -3.34. The monoisotopic (exact) mass is 673 g/mol. The second-order valence-corrected chi connectivity index (χ2v) is 14.3. The molecule has 1 saturated carbocycles. The van der Waals surface area contributed by atoms with Crippen LogP contribution in [0.2, 0.25) is 0 Å². The lowest BCUT2D eigenvalue weighted by Crippen LogP contribution is -2.52. The van der Waals surface area contributed by atoms with Crippen molar-refractivity contribution in [3.8, 4) is 5.75 Å². The van der Waals surface area contributed by atoms with Gasteiger partial charge in [-0.25, -0.2) is 4.39 Å². The molecule has 0 unspecified atom stereocenters. The van der Waals surface area contributed by atoms with Crippen LogP contribution in [0, 0.1) is 12.8 Å². The summed E-state index contributed by atoms with van der Waals surface area (Å²) in [6, 6.07) is 9.32. The number of aliphatic carboxylic acids is 1. The molecule has 4 aliphatic rings. The average Bonchev–Trinajstić information content (AvgIpc) is 3.83. The molecule has 3 saturated heterocycles. The van der Waals surface area contributed by atoms with Crippen molar-refractivity contribution < 1.29 is 37.0 Å². The highest BCUT2D eigenvalue weighted by molar-refractivity contribution is 5.88. The minimum Gasteiger partial charge on any atom is -0.497 e. The molecule has 0 radical (unpaired) electrons. The Labute approximate surface area is 280 Å². The second kappa shape index (κ2) is 13.5. The van der Waals surface area contributed by atoms with Gasteiger partial charge in [0.15, 0.2) is 0 Å². The van der Waals surface area contributed by atoms with E-state index in [4.69, 9.17) is 4.74 Å². The number of carboxylic acids is 1. The molecule has 0 bridgehead atoms. The van der Waals surface area contributed by atoms with Crippen molar-refractivity contribution in [2.45, 2.75) is 101 Å². The van der Waals surface area contributed by atoms with Crippen molar-refractivity contribution in [1.82, 2.24) is 9.80 Å². The van der Waals surface area contributed by atoms with Gasteiger partial charge in [-0.15, -0.1) is 0 Å². The van der Waals surface area contributed by atoms with Crippen LogP contribution in [-0.2, 0) is 15.8 Å². The van der Waals surface area contributed by atoms with Gasteiger partial charge in [-0.05, 0) is 86.4 Å². The number of anilines is 1. The third-order valence-electron chi connectivity index (χ3n) is 11.6. The summed E-state index contributed by atoms with van der Waals surface area (Å²) >= 11 is 0. The first-order valence-corrected chi connectivity index (χ1v) is 17.4. The van der Waals surface area contributed by atoms with Gasteiger partial charge in [-0.3, -0.25) is 14.5 Å². The third-order valence-corrected chi connectivity index (χ3v) is 11.6. The number of alkyl halides is 4. The second-order valence-electron chi connectivity index (χ2n) is 14.3. The number of ether oxygens (including phenoxy) is 1. The minimum atomic E-state index is -4.54. The van der Waals surface area contributed by atoms with Gasteiger partial charge in [0.25, 0.3) is 5.91 Å². The molecule has 4 fully saturated rings. The van der Waals surface area contributed by atoms with Crippen LogP contribution >= 0.6 is 0 Å². The maximum Gasteiger partial charge on any atom is 0.416 e. The molecule has 0 spiro atoms. The topological polar surface area (TPSA) is 73.3 Å². The van der Waals surface area contributed by atoms with Crippen LogP contribution in [0.5, 0.6) is 5.75 Å². The Morgan fingerprint density at radius 3 is 2.29 bits per heavy atom. The van der Waals surface area contributed by atoms with E-state index < -0.39 is 41.1 Å². The molecular formula is C37H47F4N3O4. The number of hydrogen-bond donors (Lipinski definition) is 1. The van der Waals surface area contributed by atoms with Crippen LogP contribution < -0.4 is 9.64 Å². The molecule has 7 nitrogen and oxygen atoms in total. The van der Waals surface area contributed by atoms with E-state index in [-0.39, 0.29) is 31.1 Å². The first-order valence-electron chi connectivity index (χ1n) is 17.4. The van der Waals surface area contributed by atoms with Crippen molar-refractivity contribution in [3.63, 3.8) is 0 Å². The number of amides is 1. The van der Waals surface area contributed by atoms with E-state index in [1.54, 1.807) is 12.0 Å². The van der Waals surface area contributed by atoms with Crippen LogP contribution in [0.1, 0.15) is 92.4 Å². The SMILES string of the molecule is CC[C@@H]1C[C@@H](c2ccc(C(F)(F)F)cc2N2CCC(C(=O)O)CC2)CN1C(=O)[C@]1(F)CN(C2CCCC2)C[C@H]1c1ccc(OC)cc1C. The summed E-state index contributed by atoms with van der Waals surface area (Å²) < 4.78 is 64.9. The first-order chi connectivity index (χ1) is 22.8. The summed E-state index contributed by atoms with van der Waals surface area (Å²) in [5.41, 5.74) is -0.136. The van der Waals surface area contributed by atoms with E-state index in [9.17, 15) is 27.9 Å². The van der Waals surface area contributed by atoms with Gasteiger partial charge in [0.2, 0.25) is 5.67 Å². The molecule has 11 heteroatoms. The van der Waals surface area contributed by atoms with Gasteiger partial charge >= 0.3 is 12.1 Å². The molecule has 1 amide bonds. The van der Waals surface area contributed by atoms with Crippen molar-refractivity contribution in [2.24, 2.45) is 5.92 Å². The lowest BCUT2D eigenvalue weighted by atomic mass is 9.83. The van der Waals surface area contributed by atoms with E-state index in [1.165, 1.54) is 6.07 Å². The lowest BCUT2D eigenvalue weighted by Gasteiger charge is -2.35. The van der Waals surface area contributed by atoms with Crippen LogP contribution in [0.3, 0.4) is 0 Å². The molecule has 1 aliphatic carbocycles. The fourth-order valence-electron chi connectivity index (χ4n) is 8.85. The predicted molar refractivity (Wildman–Crippen MR) is 175 cm³/mol. The molecule has 0 aromatic heterocycles. The van der Waals surface area contributed by atoms with Gasteiger partial charge in [0, 0.05) is 62.3 Å². The van der Waals surface area contributed by atoms with Crippen molar-refractivity contribution in [3.05, 3.63) is 58.7 Å². The van der Waals surface area contributed by atoms with E-state index in [0.29, 0.717) is 62.3 Å². The minimum absolute atomic E-state index is 0.0221. The van der Waals surface area contributed by atoms with Crippen LogP contribution in [0.15, 0.2) is 36.4 Å². The number of methoxy groups -OCH3 is 1. The van der Waals surface area contributed by atoms with E-state index >= 15 is 4.39 Å². The number of halogens is 4. The smallest absolute Gasteiger partial charge is 0.416 e. The number of benzene rings is 2. The molecular weight excluding hydrogens is 626 g/mol. The summed E-state index contributed by atoms with van der Waals surface area (Å²) in [6.07, 6.45) is 1.41. The van der Waals surface area contributed by atoms with Crippen molar-refractivity contribution in [1.29, 1.82) is 0 Å². The number of carboxylic acid groups (broad SMARTS) is 1. The highest BCUT2D eigenvalue weighted by Gasteiger charge is 2.58. The summed E-state index contributed by atoms with van der Waals surface area (Å²) in [5, 5.41) is 9.49. The Bertz CT molecular complexity index is 1500. The molecule has 2 aromatic carbocycles. The average molecular weight is 674 g/mol. The van der Waals surface area contributed by atoms with Crippen molar-refractivity contribution >= 4 is 17.6 Å². The van der Waals surface area contributed by atoms with Gasteiger partial charge in [0.1, 0.15) is 5.75 Å². The van der Waals surface area contributed by atoms with Crippen LogP contribution in [0.25, 0.3) is 0 Å². The standard InChI is InChI=1S/C37H47F4N3O4/c1-4-27-18-25(31-11-9-26(37(39,40)41)19-33(31)42-15-13-24(14-16-42)34(45)46)20-44(27)35(47)36(38)22-43(28-7-5-6-8-28)21-32(36)30-12-10-29(48-3)17-23(30)2/h9-12,17,19,24-25,27-28,32H,4-8,13-16,18,20-22H2,1-3H3,(H,45,46)/t25-,27-,32+,36+/m1/s1. The maximum absolute atomic E-state index is 17.8. The number of carbonyl (C=O) groups excluding carboxylic acids is 1. The highest BCUT2D eigenvalue weighted by atomic mass is 19.4. The van der Waals surface area contributed by atoms with Gasteiger partial charge < -0.3 is 19.6 Å². The molecule has 2 aromatic rings. The van der Waals surface area contributed by atoms with Gasteiger partial charge in [0.05, 0.1) is 18.6 Å². The highest BCUT2D eigenvalue weighted by Crippen LogP contribution is 2.48. The zero-order chi connectivity index (χ0) is 34.4. The normalized spacial score (nSPS) is 27.6. The summed E-state index contributed by atoms with van der Waals surface area (Å²) in [6.45, 7) is 5.22. The Kier molecular flexibility index (Phi) is 9.72. The molecule has 4 atom stereocenters. The van der Waals surface area contributed by atoms with E-state index in [2.05, 4.69) is 4.90 Å². The number of likely N-dealkylation sites (tertiary alicyclic amines) is 2. The quantitative estimate of drug-likeness (QED) is 0.300. The maximum atomic E-state index is 17.8. The van der Waals surface area contributed by atoms with Crippen LogP contribution in [0.4, 0.5) is 23.2 Å². The fourth-order valence-corrected chi connectivity index (χ4v) is 8.85. The predicted octanol–water partition coefficient (Wildman–Crippen LogP) is 7.17. The summed E-state index contributed by atoms with van der Waals surface area (Å²) in [7, 11) is 1.59. The fraction of sp³-hybridized carbons (Fsp3) is 0.622. The molecule has 48 heavy (non-hydrogen) atoms. The first kappa shape index (κ1) is 34.5. The third kappa shape index (κ3) is 6.51. The number of piperidine rings is 1. The van der Waals surface area contributed by atoms with Gasteiger partial charge in [-0.2, -0.15) is 13.2 Å². The summed E-state index contributed by atoms with van der Waals surface area (Å²) in [5.74, 6) is -2.23. The molecule has 3 aliphatic heterocycles. The number of aryl methyl sites for hydroxylation is 1. The van der Waals surface area contributed by atoms with Crippen LogP contribution in [-0.4, -0.2) is 84.4 Å². The van der Waals surface area contributed by atoms with Gasteiger partial charge in [-0.1, -0.05) is 31.9 Å². The lowest BCUT2D eigenvalue weighted by molar-refractivity contribution is -0.145. The number of hydrogen-bond acceptors (Lipinski definition) is 5. The number of rotatable bonds is 8. The zero-order valence-corrected chi connectivity index (χ0v) is 28.1. The molecule has 1 N–H and O–H groups in total. The number of carbonyl (C=O) groups is 2. The molecule has 3 heterocycles. The summed E-state index contributed by atoms with van der Waals surface area (Å²) in [4.78, 5) is 31.9. The van der Waals surface area contributed by atoms with E-state index in [0.717, 1.165) is 48.9 Å². The molecule has 6 rings (SSSR count). The Morgan fingerprint density at radius 2 is 1.69 bits per heavy atom. The number of nitrogens with zero attached hydrogens (tertiary/aromatic N) is 3. The Balaban J connectivity index is 1.31. The van der Waals surface area contributed by atoms with E-state index in [1.807, 2.05) is 36.9 Å². The molecule has 262 valence electrons. The largest absolute Gasteiger partial charge is 0.497 e. The zero-order valence-electron chi connectivity index (χ0n) is 28.1.